The van der Waals surface area contributed by atoms with Gasteiger partial charge in [0, 0.05) is 6.04 Å². The Kier molecular flexibility index (Phi) is 4.55. The molecule has 2 unspecified atom stereocenters. The number of alkyl halides is 3. The van der Waals surface area contributed by atoms with Crippen molar-refractivity contribution in [2.24, 2.45) is 5.92 Å². The molecule has 1 heterocycles. The maximum atomic E-state index is 12.6. The van der Waals surface area contributed by atoms with Crippen LogP contribution >= 0.6 is 0 Å². The monoisotopic (exact) mass is 363 g/mol. The van der Waals surface area contributed by atoms with Gasteiger partial charge in [-0.15, -0.1) is 0 Å². The van der Waals surface area contributed by atoms with Gasteiger partial charge in [-0.05, 0) is 61.9 Å². The van der Waals surface area contributed by atoms with Crippen LogP contribution in [0.25, 0.3) is 0 Å². The number of nitrogens with zero attached hydrogens (tertiary/aromatic N) is 1. The van der Waals surface area contributed by atoms with Crippen LogP contribution in [0.1, 0.15) is 30.9 Å². The van der Waals surface area contributed by atoms with Crippen LogP contribution in [-0.4, -0.2) is 38.0 Å². The van der Waals surface area contributed by atoms with Gasteiger partial charge in [0.15, 0.2) is 0 Å². The number of benzene rings is 1. The first kappa shape index (κ1) is 17.5. The fourth-order valence-electron chi connectivity index (χ4n) is 3.85. The molecule has 4 nitrogen and oxygen atoms in total. The smallest absolute Gasteiger partial charge is 0.376 e. The van der Waals surface area contributed by atoms with Crippen LogP contribution in [0.3, 0.4) is 0 Å². The van der Waals surface area contributed by atoms with E-state index in [1.165, 1.54) is 6.07 Å². The van der Waals surface area contributed by atoms with Crippen LogP contribution in [0, 0.1) is 5.92 Å². The number of halogens is 3. The molecule has 8 heteroatoms. The molecule has 2 aliphatic rings. The standard InChI is InChI=1S/C16H20F3NO3S/c1-2-7-20-8-6-12-9-13-11(10-14(12)20)4-3-5-15(13)23-24(21,22)16(17,18)19/h3-5,12,14H,2,6-10H2,1H3. The molecule has 1 aromatic rings. The molecule has 0 aromatic heterocycles. The van der Waals surface area contributed by atoms with Crippen LogP contribution < -0.4 is 4.18 Å². The lowest BCUT2D eigenvalue weighted by molar-refractivity contribution is -0.0500. The van der Waals surface area contributed by atoms with Crippen molar-refractivity contribution >= 4 is 10.1 Å². The molecule has 1 fully saturated rings. The van der Waals surface area contributed by atoms with Crippen molar-refractivity contribution in [2.45, 2.75) is 44.2 Å². The van der Waals surface area contributed by atoms with Gasteiger partial charge < -0.3 is 4.18 Å². The van der Waals surface area contributed by atoms with Gasteiger partial charge in [0.2, 0.25) is 0 Å². The van der Waals surface area contributed by atoms with Crippen LogP contribution in [0.2, 0.25) is 0 Å². The maximum absolute atomic E-state index is 12.6. The molecule has 0 bridgehead atoms. The highest BCUT2D eigenvalue weighted by molar-refractivity contribution is 7.88. The summed E-state index contributed by atoms with van der Waals surface area (Å²) in [6.45, 7) is 4.11. The van der Waals surface area contributed by atoms with E-state index in [-0.39, 0.29) is 5.75 Å². The van der Waals surface area contributed by atoms with Crippen molar-refractivity contribution in [1.82, 2.24) is 4.90 Å². The number of fused-ring (bicyclic) bond motifs is 2. The molecule has 3 rings (SSSR count). The summed E-state index contributed by atoms with van der Waals surface area (Å²) in [5.74, 6) is 0.152. The zero-order valence-corrected chi connectivity index (χ0v) is 14.2. The zero-order valence-electron chi connectivity index (χ0n) is 13.3. The van der Waals surface area contributed by atoms with E-state index < -0.39 is 15.6 Å². The van der Waals surface area contributed by atoms with Crippen molar-refractivity contribution < 1.29 is 25.8 Å². The van der Waals surface area contributed by atoms with E-state index in [1.807, 2.05) is 6.07 Å². The summed E-state index contributed by atoms with van der Waals surface area (Å²) in [6, 6.07) is 5.09. The highest BCUT2D eigenvalue weighted by Crippen LogP contribution is 2.40. The van der Waals surface area contributed by atoms with Crippen LogP contribution in [-0.2, 0) is 23.0 Å². The topological polar surface area (TPSA) is 46.6 Å². The Bertz CT molecular complexity index is 718. The average molecular weight is 363 g/mol. The predicted octanol–water partition coefficient (Wildman–Crippen LogP) is 3.11. The van der Waals surface area contributed by atoms with Crippen LogP contribution in [0.15, 0.2) is 18.2 Å². The third-order valence-electron chi connectivity index (χ3n) is 4.92. The first-order valence-corrected chi connectivity index (χ1v) is 9.49. The van der Waals surface area contributed by atoms with E-state index in [9.17, 15) is 21.6 Å². The van der Waals surface area contributed by atoms with Crippen LogP contribution in [0.5, 0.6) is 5.75 Å². The highest BCUT2D eigenvalue weighted by atomic mass is 32.2. The van der Waals surface area contributed by atoms with Gasteiger partial charge in [-0.2, -0.15) is 21.6 Å². The van der Waals surface area contributed by atoms with Crippen LogP contribution in [0.4, 0.5) is 13.2 Å². The lowest BCUT2D eigenvalue weighted by Gasteiger charge is -2.33. The summed E-state index contributed by atoms with van der Waals surface area (Å²) in [5, 5.41) is 0. The van der Waals surface area contributed by atoms with E-state index in [0.29, 0.717) is 23.9 Å². The lowest BCUT2D eigenvalue weighted by Crippen LogP contribution is -2.38. The van der Waals surface area contributed by atoms with E-state index >= 15 is 0 Å². The Labute approximate surface area is 139 Å². The minimum absolute atomic E-state index is 0.183. The van der Waals surface area contributed by atoms with Crippen molar-refractivity contribution in [3.05, 3.63) is 29.3 Å². The molecule has 24 heavy (non-hydrogen) atoms. The molecule has 1 aliphatic heterocycles. The molecule has 2 atom stereocenters. The fraction of sp³-hybridized carbons (Fsp3) is 0.625. The minimum atomic E-state index is -5.64. The molecule has 1 aromatic carbocycles. The van der Waals surface area contributed by atoms with E-state index in [2.05, 4.69) is 16.0 Å². The summed E-state index contributed by atoms with van der Waals surface area (Å²) < 4.78 is 64.8. The fourth-order valence-corrected chi connectivity index (χ4v) is 4.34. The number of hydrogen-bond donors (Lipinski definition) is 0. The van der Waals surface area contributed by atoms with Crippen molar-refractivity contribution in [3.63, 3.8) is 0 Å². The summed E-state index contributed by atoms with van der Waals surface area (Å²) in [7, 11) is -5.64. The van der Waals surface area contributed by atoms with Gasteiger partial charge in [-0.25, -0.2) is 0 Å². The lowest BCUT2D eigenvalue weighted by atomic mass is 9.80. The predicted molar refractivity (Wildman–Crippen MR) is 83.2 cm³/mol. The van der Waals surface area contributed by atoms with Crippen molar-refractivity contribution in [1.29, 1.82) is 0 Å². The van der Waals surface area contributed by atoms with Crippen molar-refractivity contribution in [3.8, 4) is 5.75 Å². The average Bonchev–Trinajstić information content (AvgIpc) is 2.87. The molecule has 0 saturated carbocycles. The number of rotatable bonds is 4. The molecule has 0 amide bonds. The second kappa shape index (κ2) is 6.22. The minimum Gasteiger partial charge on any atom is -0.376 e. The zero-order chi connectivity index (χ0) is 17.5. The van der Waals surface area contributed by atoms with E-state index in [4.69, 9.17) is 0 Å². The third kappa shape index (κ3) is 3.13. The Balaban J connectivity index is 1.88. The van der Waals surface area contributed by atoms with Gasteiger partial charge in [0.1, 0.15) is 5.75 Å². The Morgan fingerprint density at radius 1 is 1.29 bits per heavy atom. The van der Waals surface area contributed by atoms with Crippen molar-refractivity contribution in [2.75, 3.05) is 13.1 Å². The normalized spacial score (nSPS) is 24.5. The quantitative estimate of drug-likeness (QED) is 0.609. The molecule has 1 aliphatic carbocycles. The number of likely N-dealkylation sites (tertiary alicyclic amines) is 1. The largest absolute Gasteiger partial charge is 0.534 e. The molecule has 0 N–H and O–H groups in total. The first-order valence-electron chi connectivity index (χ1n) is 8.08. The molecule has 1 saturated heterocycles. The Morgan fingerprint density at radius 2 is 2.04 bits per heavy atom. The molecular formula is C16H20F3NO3S. The van der Waals surface area contributed by atoms with Gasteiger partial charge in [0.05, 0.1) is 0 Å². The Morgan fingerprint density at radius 3 is 2.71 bits per heavy atom. The van der Waals surface area contributed by atoms with Gasteiger partial charge in [-0.3, -0.25) is 4.90 Å². The second-order valence-electron chi connectivity index (χ2n) is 6.44. The summed E-state index contributed by atoms with van der Waals surface area (Å²) >= 11 is 0. The summed E-state index contributed by atoms with van der Waals surface area (Å²) in [6.07, 6.45) is 3.32. The third-order valence-corrected chi connectivity index (χ3v) is 5.89. The SMILES string of the molecule is CCCN1CCC2Cc3c(cccc3OS(=O)(=O)C(F)(F)F)CC21. The van der Waals surface area contributed by atoms with Gasteiger partial charge >= 0.3 is 15.6 Å². The molecule has 0 radical (unpaired) electrons. The molecular weight excluding hydrogens is 343 g/mol. The summed E-state index contributed by atoms with van der Waals surface area (Å²) in [5.41, 5.74) is -3.93. The molecule has 134 valence electrons. The van der Waals surface area contributed by atoms with E-state index in [0.717, 1.165) is 37.9 Å². The first-order chi connectivity index (χ1) is 11.2. The molecule has 0 spiro atoms. The Hall–Kier alpha value is -1.28. The maximum Gasteiger partial charge on any atom is 0.534 e. The van der Waals surface area contributed by atoms with Gasteiger partial charge in [0.25, 0.3) is 0 Å². The highest BCUT2D eigenvalue weighted by Gasteiger charge is 2.49. The number of hydrogen-bond acceptors (Lipinski definition) is 4. The second-order valence-corrected chi connectivity index (χ2v) is 7.98. The van der Waals surface area contributed by atoms with E-state index in [1.54, 1.807) is 6.07 Å². The summed E-state index contributed by atoms with van der Waals surface area (Å²) in [4.78, 5) is 2.42. The van der Waals surface area contributed by atoms with Gasteiger partial charge in [-0.1, -0.05) is 19.1 Å².